The first kappa shape index (κ1) is 15.8. The number of carbonyl (C=O) groups excluding carboxylic acids is 2. The highest BCUT2D eigenvalue weighted by molar-refractivity contribution is 6.31. The van der Waals surface area contributed by atoms with E-state index in [1.807, 2.05) is 0 Å². The molecule has 4 nitrogen and oxygen atoms in total. The van der Waals surface area contributed by atoms with Gasteiger partial charge in [0.2, 0.25) is 5.91 Å². The summed E-state index contributed by atoms with van der Waals surface area (Å²) >= 11 is 6.03. The molecule has 25 heavy (non-hydrogen) atoms. The summed E-state index contributed by atoms with van der Waals surface area (Å²) in [6.07, 6.45) is 0.0594. The Morgan fingerprint density at radius 3 is 2.68 bits per heavy atom. The third-order valence-corrected chi connectivity index (χ3v) is 4.67. The van der Waals surface area contributed by atoms with Crippen LogP contribution < -0.4 is 4.90 Å². The lowest BCUT2D eigenvalue weighted by atomic mass is 9.84. The van der Waals surface area contributed by atoms with Crippen molar-refractivity contribution in [1.82, 2.24) is 0 Å². The normalized spacial score (nSPS) is 19.9. The second-order valence-electron chi connectivity index (χ2n) is 5.96. The predicted octanol–water partition coefficient (Wildman–Crippen LogP) is 3.81. The van der Waals surface area contributed by atoms with Gasteiger partial charge in [-0.15, -0.1) is 0 Å². The number of ether oxygens (including phenoxy) is 1. The van der Waals surface area contributed by atoms with Gasteiger partial charge in [-0.3, -0.25) is 9.69 Å². The molecule has 6 heteroatoms. The van der Waals surface area contributed by atoms with Gasteiger partial charge in [-0.05, 0) is 35.9 Å². The monoisotopic (exact) mass is 357 g/mol. The third kappa shape index (κ3) is 2.70. The summed E-state index contributed by atoms with van der Waals surface area (Å²) in [6, 6.07) is 12.8. The Labute approximate surface area is 148 Å². The molecule has 0 radical (unpaired) electrons. The van der Waals surface area contributed by atoms with Crippen LogP contribution in [0.25, 0.3) is 0 Å². The molecule has 2 aliphatic heterocycles. The Morgan fingerprint density at radius 2 is 1.92 bits per heavy atom. The van der Waals surface area contributed by atoms with Crippen LogP contribution in [0.5, 0.6) is 0 Å². The van der Waals surface area contributed by atoms with Gasteiger partial charge < -0.3 is 4.74 Å². The van der Waals surface area contributed by atoms with E-state index in [1.165, 1.54) is 17.0 Å². The van der Waals surface area contributed by atoms with Crippen molar-refractivity contribution in [3.8, 4) is 0 Å². The molecule has 0 fully saturated rings. The lowest BCUT2D eigenvalue weighted by Crippen LogP contribution is -2.37. The predicted molar refractivity (Wildman–Crippen MR) is 90.7 cm³/mol. The molecule has 0 spiro atoms. The van der Waals surface area contributed by atoms with Crippen LogP contribution >= 0.6 is 11.6 Å². The maximum Gasteiger partial charge on any atom is 0.336 e. The van der Waals surface area contributed by atoms with Crippen molar-refractivity contribution in [2.24, 2.45) is 0 Å². The van der Waals surface area contributed by atoms with Gasteiger partial charge in [0.1, 0.15) is 12.4 Å². The fourth-order valence-corrected chi connectivity index (χ4v) is 3.56. The molecule has 2 aromatic carbocycles. The number of cyclic esters (lactones) is 1. The van der Waals surface area contributed by atoms with E-state index in [2.05, 4.69) is 0 Å². The molecule has 1 amide bonds. The van der Waals surface area contributed by atoms with Crippen molar-refractivity contribution in [1.29, 1.82) is 0 Å². The van der Waals surface area contributed by atoms with Crippen molar-refractivity contribution in [2.75, 3.05) is 11.5 Å². The first-order chi connectivity index (χ1) is 12.0. The van der Waals surface area contributed by atoms with Crippen LogP contribution in [0.15, 0.2) is 59.8 Å². The zero-order chi connectivity index (χ0) is 17.6. The molecular formula is C19H13ClFNO3. The van der Waals surface area contributed by atoms with Crippen molar-refractivity contribution in [3.63, 3.8) is 0 Å². The summed E-state index contributed by atoms with van der Waals surface area (Å²) in [6.45, 7) is 0.0121. The van der Waals surface area contributed by atoms with E-state index in [4.69, 9.17) is 16.3 Å². The van der Waals surface area contributed by atoms with E-state index >= 15 is 0 Å². The summed E-state index contributed by atoms with van der Waals surface area (Å²) < 4.78 is 18.8. The van der Waals surface area contributed by atoms with Gasteiger partial charge in [-0.1, -0.05) is 29.8 Å². The number of rotatable bonds is 2. The number of halogens is 2. The van der Waals surface area contributed by atoms with Crippen LogP contribution in [0.1, 0.15) is 17.9 Å². The molecule has 0 bridgehead atoms. The molecule has 0 aromatic heterocycles. The van der Waals surface area contributed by atoms with Gasteiger partial charge in [-0.25, -0.2) is 9.18 Å². The average molecular weight is 358 g/mol. The van der Waals surface area contributed by atoms with Gasteiger partial charge in [0, 0.05) is 17.4 Å². The molecule has 0 N–H and O–H groups in total. The molecule has 2 aromatic rings. The van der Waals surface area contributed by atoms with Crippen molar-refractivity contribution < 1.29 is 18.7 Å². The van der Waals surface area contributed by atoms with Crippen molar-refractivity contribution in [3.05, 3.63) is 76.2 Å². The van der Waals surface area contributed by atoms with Crippen LogP contribution in [0, 0.1) is 5.82 Å². The maximum atomic E-state index is 13.6. The summed E-state index contributed by atoms with van der Waals surface area (Å²) in [7, 11) is 0. The highest BCUT2D eigenvalue weighted by Gasteiger charge is 2.43. The number of anilines is 1. The Kier molecular flexibility index (Phi) is 3.81. The first-order valence-electron chi connectivity index (χ1n) is 7.79. The molecule has 0 aliphatic carbocycles. The molecule has 4 rings (SSSR count). The average Bonchev–Trinajstić information content (AvgIpc) is 2.96. The van der Waals surface area contributed by atoms with E-state index in [1.54, 1.807) is 36.4 Å². The van der Waals surface area contributed by atoms with Crippen LogP contribution in [0.3, 0.4) is 0 Å². The van der Waals surface area contributed by atoms with E-state index in [9.17, 15) is 14.0 Å². The van der Waals surface area contributed by atoms with Crippen LogP contribution in [0.2, 0.25) is 5.02 Å². The first-order valence-corrected chi connectivity index (χ1v) is 8.16. The minimum absolute atomic E-state index is 0.0121. The number of nitrogens with zero attached hydrogens (tertiary/aromatic N) is 1. The number of esters is 1. The summed E-state index contributed by atoms with van der Waals surface area (Å²) in [5.74, 6) is -1.57. The number of benzene rings is 2. The maximum absolute atomic E-state index is 13.6. The van der Waals surface area contributed by atoms with Gasteiger partial charge in [-0.2, -0.15) is 0 Å². The lowest BCUT2D eigenvalue weighted by Gasteiger charge is -2.32. The fourth-order valence-electron chi connectivity index (χ4n) is 3.38. The minimum Gasteiger partial charge on any atom is -0.456 e. The molecule has 0 saturated heterocycles. The molecule has 2 aliphatic rings. The zero-order valence-electron chi connectivity index (χ0n) is 13.0. The number of amides is 1. The molecule has 1 unspecified atom stereocenters. The second-order valence-corrected chi connectivity index (χ2v) is 6.39. The second kappa shape index (κ2) is 6.01. The van der Waals surface area contributed by atoms with Gasteiger partial charge in [0.15, 0.2) is 0 Å². The summed E-state index contributed by atoms with van der Waals surface area (Å²) in [4.78, 5) is 26.6. The van der Waals surface area contributed by atoms with E-state index in [0.29, 0.717) is 27.5 Å². The third-order valence-electron chi connectivity index (χ3n) is 4.43. The Morgan fingerprint density at radius 1 is 1.12 bits per heavy atom. The molecule has 1 atom stereocenters. The molecule has 2 heterocycles. The summed E-state index contributed by atoms with van der Waals surface area (Å²) in [5, 5.41) is 0.491. The van der Waals surface area contributed by atoms with Gasteiger partial charge in [0.25, 0.3) is 0 Å². The minimum atomic E-state index is -0.511. The SMILES string of the molecule is O=C1OCC2=C1C(c1cccc(F)c1)CC(=O)N2c1cccc(Cl)c1. The van der Waals surface area contributed by atoms with Crippen LogP contribution in [0.4, 0.5) is 10.1 Å². The summed E-state index contributed by atoms with van der Waals surface area (Å²) in [5.41, 5.74) is 2.08. The standard InChI is InChI=1S/C19H13ClFNO3/c20-12-4-2-6-14(8-12)22-16-10-25-19(24)18(16)15(9-17(22)23)11-3-1-5-13(21)7-11/h1-8,15H,9-10H2. The van der Waals surface area contributed by atoms with E-state index < -0.39 is 17.7 Å². The molecule has 0 saturated carbocycles. The van der Waals surface area contributed by atoms with Gasteiger partial charge in [0.05, 0.1) is 17.0 Å². The fraction of sp³-hybridized carbons (Fsp3) is 0.158. The van der Waals surface area contributed by atoms with Crippen LogP contribution in [-0.4, -0.2) is 18.5 Å². The lowest BCUT2D eigenvalue weighted by molar-refractivity contribution is -0.136. The van der Waals surface area contributed by atoms with E-state index in [0.717, 1.165) is 0 Å². The van der Waals surface area contributed by atoms with E-state index in [-0.39, 0.29) is 18.9 Å². The quantitative estimate of drug-likeness (QED) is 0.768. The highest BCUT2D eigenvalue weighted by atomic mass is 35.5. The zero-order valence-corrected chi connectivity index (χ0v) is 13.8. The molecule has 126 valence electrons. The largest absolute Gasteiger partial charge is 0.456 e. The van der Waals surface area contributed by atoms with Crippen LogP contribution in [-0.2, 0) is 14.3 Å². The topological polar surface area (TPSA) is 46.6 Å². The number of carbonyl (C=O) groups is 2. The van der Waals surface area contributed by atoms with Crippen molar-refractivity contribution in [2.45, 2.75) is 12.3 Å². The van der Waals surface area contributed by atoms with Gasteiger partial charge >= 0.3 is 5.97 Å². The number of hydrogen-bond donors (Lipinski definition) is 0. The highest BCUT2D eigenvalue weighted by Crippen LogP contribution is 2.42. The number of hydrogen-bond acceptors (Lipinski definition) is 3. The smallest absolute Gasteiger partial charge is 0.336 e. The molecular weight excluding hydrogens is 345 g/mol. The Hall–Kier alpha value is -2.66. The Balaban J connectivity index is 1.84. The Bertz CT molecular complexity index is 924. The van der Waals surface area contributed by atoms with Crippen molar-refractivity contribution >= 4 is 29.2 Å².